The highest BCUT2D eigenvalue weighted by Gasteiger charge is 2.25. The van der Waals surface area contributed by atoms with Crippen molar-refractivity contribution in [3.05, 3.63) is 41.5 Å². The van der Waals surface area contributed by atoms with Crippen molar-refractivity contribution in [2.24, 2.45) is 0 Å². The number of hydrogen-bond acceptors (Lipinski definition) is 3. The summed E-state index contributed by atoms with van der Waals surface area (Å²) in [5, 5.41) is 3.44. The molecule has 1 heterocycles. The Morgan fingerprint density at radius 1 is 1.32 bits per heavy atom. The van der Waals surface area contributed by atoms with Crippen LogP contribution in [-0.2, 0) is 0 Å². The SMILES string of the molecule is C=C(C)C[C@H](c1cc(C(C)C)ccc1OC)N1CCNCC1. The van der Waals surface area contributed by atoms with Gasteiger partial charge in [0.25, 0.3) is 0 Å². The maximum absolute atomic E-state index is 5.66. The van der Waals surface area contributed by atoms with E-state index in [9.17, 15) is 0 Å². The molecule has 0 aliphatic carbocycles. The lowest BCUT2D eigenvalue weighted by Crippen LogP contribution is -2.45. The number of benzene rings is 1. The average molecular weight is 302 g/mol. The minimum absolute atomic E-state index is 0.355. The lowest BCUT2D eigenvalue weighted by atomic mass is 9.92. The van der Waals surface area contributed by atoms with Gasteiger partial charge in [-0.3, -0.25) is 4.90 Å². The molecule has 1 fully saturated rings. The van der Waals surface area contributed by atoms with Gasteiger partial charge in [0.1, 0.15) is 5.75 Å². The summed E-state index contributed by atoms with van der Waals surface area (Å²) in [5.74, 6) is 1.52. The van der Waals surface area contributed by atoms with Crippen LogP contribution in [0.5, 0.6) is 5.75 Å². The van der Waals surface area contributed by atoms with E-state index in [4.69, 9.17) is 4.74 Å². The Morgan fingerprint density at radius 2 is 2.00 bits per heavy atom. The van der Waals surface area contributed by atoms with E-state index in [1.165, 1.54) is 16.7 Å². The molecule has 1 N–H and O–H groups in total. The molecule has 0 radical (unpaired) electrons. The van der Waals surface area contributed by atoms with Gasteiger partial charge >= 0.3 is 0 Å². The normalized spacial score (nSPS) is 17.5. The van der Waals surface area contributed by atoms with Crippen molar-refractivity contribution in [2.75, 3.05) is 33.3 Å². The minimum atomic E-state index is 0.355. The summed E-state index contributed by atoms with van der Waals surface area (Å²) in [6.45, 7) is 15.0. The van der Waals surface area contributed by atoms with E-state index >= 15 is 0 Å². The third-order valence-corrected chi connectivity index (χ3v) is 4.41. The fourth-order valence-corrected chi connectivity index (χ4v) is 3.13. The average Bonchev–Trinajstić information content (AvgIpc) is 2.52. The Hall–Kier alpha value is -1.32. The Kier molecular flexibility index (Phi) is 6.04. The molecule has 1 aliphatic rings. The Labute approximate surface area is 135 Å². The highest BCUT2D eigenvalue weighted by atomic mass is 16.5. The van der Waals surface area contributed by atoms with Gasteiger partial charge in [0, 0.05) is 37.8 Å². The van der Waals surface area contributed by atoms with Crippen LogP contribution in [0.2, 0.25) is 0 Å². The second-order valence-corrected chi connectivity index (χ2v) is 6.62. The Balaban J connectivity index is 2.39. The van der Waals surface area contributed by atoms with Gasteiger partial charge in [-0.2, -0.15) is 0 Å². The predicted molar refractivity (Wildman–Crippen MR) is 93.7 cm³/mol. The van der Waals surface area contributed by atoms with Crippen molar-refractivity contribution < 1.29 is 4.74 Å². The van der Waals surface area contributed by atoms with Gasteiger partial charge < -0.3 is 10.1 Å². The largest absolute Gasteiger partial charge is 0.496 e. The minimum Gasteiger partial charge on any atom is -0.496 e. The van der Waals surface area contributed by atoms with Gasteiger partial charge in [0.15, 0.2) is 0 Å². The molecule has 1 aromatic carbocycles. The molecule has 3 nitrogen and oxygen atoms in total. The second-order valence-electron chi connectivity index (χ2n) is 6.62. The summed E-state index contributed by atoms with van der Waals surface area (Å²) in [6.07, 6.45) is 0.984. The zero-order chi connectivity index (χ0) is 16.1. The molecule has 22 heavy (non-hydrogen) atoms. The summed E-state index contributed by atoms with van der Waals surface area (Å²) in [7, 11) is 1.77. The molecule has 0 bridgehead atoms. The van der Waals surface area contributed by atoms with Crippen LogP contribution < -0.4 is 10.1 Å². The Morgan fingerprint density at radius 3 is 2.55 bits per heavy atom. The van der Waals surface area contributed by atoms with Crippen LogP contribution in [0, 0.1) is 0 Å². The Bertz CT molecular complexity index is 504. The standard InChI is InChI=1S/C19H30N2O/c1-14(2)12-18(21-10-8-20-9-11-21)17-13-16(15(3)4)6-7-19(17)22-5/h6-7,13,15,18,20H,1,8-12H2,2-5H3/t18-/m1/s1. The van der Waals surface area contributed by atoms with Crippen LogP contribution in [0.1, 0.15) is 50.3 Å². The topological polar surface area (TPSA) is 24.5 Å². The molecule has 0 amide bonds. The van der Waals surface area contributed by atoms with Crippen LogP contribution in [0.15, 0.2) is 30.4 Å². The molecular weight excluding hydrogens is 272 g/mol. The van der Waals surface area contributed by atoms with Gasteiger partial charge in [-0.05, 0) is 30.9 Å². The molecule has 3 heteroatoms. The molecule has 1 saturated heterocycles. The molecular formula is C19H30N2O. The zero-order valence-corrected chi connectivity index (χ0v) is 14.5. The van der Waals surface area contributed by atoms with E-state index in [1.807, 2.05) is 0 Å². The van der Waals surface area contributed by atoms with Crippen molar-refractivity contribution in [1.82, 2.24) is 10.2 Å². The van der Waals surface area contributed by atoms with Gasteiger partial charge in [-0.1, -0.05) is 31.6 Å². The first-order valence-corrected chi connectivity index (χ1v) is 8.30. The number of rotatable bonds is 6. The molecule has 0 saturated carbocycles. The monoisotopic (exact) mass is 302 g/mol. The van der Waals surface area contributed by atoms with Gasteiger partial charge in [-0.25, -0.2) is 0 Å². The number of piperazine rings is 1. The van der Waals surface area contributed by atoms with Crippen LogP contribution >= 0.6 is 0 Å². The maximum Gasteiger partial charge on any atom is 0.123 e. The van der Waals surface area contributed by atoms with Crippen LogP contribution in [-0.4, -0.2) is 38.2 Å². The highest BCUT2D eigenvalue weighted by Crippen LogP contribution is 2.35. The lowest BCUT2D eigenvalue weighted by molar-refractivity contribution is 0.169. The molecule has 2 rings (SSSR count). The molecule has 1 aromatic rings. The fourth-order valence-electron chi connectivity index (χ4n) is 3.13. The quantitative estimate of drug-likeness (QED) is 0.810. The summed E-state index contributed by atoms with van der Waals surface area (Å²) in [4.78, 5) is 2.56. The highest BCUT2D eigenvalue weighted by molar-refractivity contribution is 5.41. The van der Waals surface area contributed by atoms with Crippen LogP contribution in [0.25, 0.3) is 0 Å². The first-order valence-electron chi connectivity index (χ1n) is 8.30. The van der Waals surface area contributed by atoms with Crippen molar-refractivity contribution >= 4 is 0 Å². The smallest absolute Gasteiger partial charge is 0.123 e. The third kappa shape index (κ3) is 4.11. The van der Waals surface area contributed by atoms with Crippen molar-refractivity contribution in [3.8, 4) is 5.75 Å². The molecule has 0 aromatic heterocycles. The summed E-state index contributed by atoms with van der Waals surface area (Å²) in [5.41, 5.74) is 3.90. The van der Waals surface area contributed by atoms with Crippen molar-refractivity contribution in [2.45, 2.75) is 39.2 Å². The van der Waals surface area contributed by atoms with Crippen LogP contribution in [0.3, 0.4) is 0 Å². The predicted octanol–water partition coefficient (Wildman–Crippen LogP) is 3.73. The first-order chi connectivity index (χ1) is 10.5. The number of ether oxygens (including phenoxy) is 1. The van der Waals surface area contributed by atoms with E-state index in [1.54, 1.807) is 7.11 Å². The lowest BCUT2D eigenvalue weighted by Gasteiger charge is -2.36. The van der Waals surface area contributed by atoms with Crippen molar-refractivity contribution in [3.63, 3.8) is 0 Å². The number of methoxy groups -OCH3 is 1. The summed E-state index contributed by atoms with van der Waals surface area (Å²) < 4.78 is 5.66. The molecule has 1 aliphatic heterocycles. The third-order valence-electron chi connectivity index (χ3n) is 4.41. The number of nitrogens with one attached hydrogen (secondary N) is 1. The molecule has 1 atom stereocenters. The number of nitrogens with zero attached hydrogens (tertiary/aromatic N) is 1. The van der Waals surface area contributed by atoms with Gasteiger partial charge in [0.2, 0.25) is 0 Å². The summed E-state index contributed by atoms with van der Waals surface area (Å²) >= 11 is 0. The van der Waals surface area contributed by atoms with E-state index in [-0.39, 0.29) is 0 Å². The van der Waals surface area contributed by atoms with Crippen molar-refractivity contribution in [1.29, 1.82) is 0 Å². The van der Waals surface area contributed by atoms with Crippen LogP contribution in [0.4, 0.5) is 0 Å². The van der Waals surface area contributed by atoms with Gasteiger partial charge in [-0.15, -0.1) is 6.58 Å². The molecule has 122 valence electrons. The molecule has 0 unspecified atom stereocenters. The summed E-state index contributed by atoms with van der Waals surface area (Å²) in [6, 6.07) is 6.99. The number of hydrogen-bond donors (Lipinski definition) is 1. The zero-order valence-electron chi connectivity index (χ0n) is 14.5. The van der Waals surface area contributed by atoms with Gasteiger partial charge in [0.05, 0.1) is 7.11 Å². The second kappa shape index (κ2) is 7.80. The van der Waals surface area contributed by atoms with E-state index in [0.29, 0.717) is 12.0 Å². The fraction of sp³-hybridized carbons (Fsp3) is 0.579. The van der Waals surface area contributed by atoms with E-state index in [0.717, 1.165) is 38.3 Å². The van der Waals surface area contributed by atoms with E-state index < -0.39 is 0 Å². The van der Waals surface area contributed by atoms with E-state index in [2.05, 4.69) is 55.8 Å². The maximum atomic E-state index is 5.66. The first kappa shape index (κ1) is 17.0. The molecule has 0 spiro atoms.